The fourth-order valence-corrected chi connectivity index (χ4v) is 2.88. The first-order valence-electron chi connectivity index (χ1n) is 6.79. The van der Waals surface area contributed by atoms with Crippen molar-refractivity contribution in [2.24, 2.45) is 0 Å². The van der Waals surface area contributed by atoms with Crippen LogP contribution in [-0.2, 0) is 14.6 Å². The maximum absolute atomic E-state index is 11.8. The molecule has 21 heavy (non-hydrogen) atoms. The van der Waals surface area contributed by atoms with E-state index >= 15 is 0 Å². The molecule has 0 atom stereocenters. The molecule has 0 spiro atoms. The normalized spacial score (nSPS) is 11.1. The number of sulfone groups is 1. The first kappa shape index (κ1) is 17.3. The number of nitrogen functional groups attached to an aromatic ring is 1. The van der Waals surface area contributed by atoms with Gasteiger partial charge in [-0.05, 0) is 31.5 Å². The van der Waals surface area contributed by atoms with Crippen molar-refractivity contribution in [1.29, 1.82) is 0 Å². The molecule has 0 heterocycles. The Bertz CT molecular complexity index is 583. The summed E-state index contributed by atoms with van der Waals surface area (Å²) in [7, 11) is -3.15. The monoisotopic (exact) mass is 315 g/mol. The van der Waals surface area contributed by atoms with Crippen LogP contribution in [0.1, 0.15) is 30.6 Å². The summed E-state index contributed by atoms with van der Waals surface area (Å²) < 4.78 is 33.2. The summed E-state index contributed by atoms with van der Waals surface area (Å²) in [5, 5.41) is 0. The first-order valence-corrected chi connectivity index (χ1v) is 8.61. The highest BCUT2D eigenvalue weighted by atomic mass is 32.2. The summed E-state index contributed by atoms with van der Waals surface area (Å²) in [4.78, 5) is 11.8. The molecule has 0 radical (unpaired) electrons. The summed E-state index contributed by atoms with van der Waals surface area (Å²) in [6.07, 6.45) is 0.547. The molecule has 0 unspecified atom stereocenters. The smallest absolute Gasteiger partial charge is 0.338 e. The Kier molecular flexibility index (Phi) is 6.48. The molecule has 0 fully saturated rings. The van der Waals surface area contributed by atoms with Gasteiger partial charge in [-0.3, -0.25) is 0 Å². The third kappa shape index (κ3) is 5.63. The highest BCUT2D eigenvalue weighted by molar-refractivity contribution is 7.91. The fraction of sp³-hybridized carbons (Fsp3) is 0.500. The Morgan fingerprint density at radius 2 is 1.95 bits per heavy atom. The molecule has 0 aromatic heterocycles. The van der Waals surface area contributed by atoms with Gasteiger partial charge in [-0.2, -0.15) is 0 Å². The van der Waals surface area contributed by atoms with E-state index in [1.54, 1.807) is 13.0 Å². The molecule has 0 saturated heterocycles. The number of nitrogens with two attached hydrogens (primary N) is 1. The van der Waals surface area contributed by atoms with E-state index in [4.69, 9.17) is 15.2 Å². The molecular weight excluding hydrogens is 294 g/mol. The van der Waals surface area contributed by atoms with Crippen LogP contribution in [0, 0.1) is 0 Å². The minimum atomic E-state index is -3.15. The zero-order chi connectivity index (χ0) is 15.9. The van der Waals surface area contributed by atoms with Crippen molar-refractivity contribution in [3.8, 4) is 5.75 Å². The lowest BCUT2D eigenvalue weighted by atomic mass is 10.2. The molecule has 1 aromatic rings. The van der Waals surface area contributed by atoms with Crippen molar-refractivity contribution in [1.82, 2.24) is 0 Å². The largest absolute Gasteiger partial charge is 0.492 e. The highest BCUT2D eigenvalue weighted by Crippen LogP contribution is 2.22. The summed E-state index contributed by atoms with van der Waals surface area (Å²) in [5.74, 6) is -0.171. The number of hydrogen-bond acceptors (Lipinski definition) is 6. The van der Waals surface area contributed by atoms with Gasteiger partial charge in [-0.1, -0.05) is 6.92 Å². The summed E-state index contributed by atoms with van der Waals surface area (Å²) in [5.41, 5.74) is 6.36. The van der Waals surface area contributed by atoms with Crippen LogP contribution >= 0.6 is 0 Å². The highest BCUT2D eigenvalue weighted by Gasteiger charge is 2.13. The number of carbonyl (C=O) groups excluding carboxylic acids is 1. The number of rotatable bonds is 8. The van der Waals surface area contributed by atoms with Gasteiger partial charge in [-0.25, -0.2) is 13.2 Å². The number of esters is 1. The molecule has 6 nitrogen and oxygen atoms in total. The summed E-state index contributed by atoms with van der Waals surface area (Å²) in [6.45, 7) is 3.93. The lowest BCUT2D eigenvalue weighted by Gasteiger charge is -2.09. The molecule has 1 rings (SSSR count). The second-order valence-corrected chi connectivity index (χ2v) is 6.78. The maximum atomic E-state index is 11.8. The minimum absolute atomic E-state index is 0.0978. The summed E-state index contributed by atoms with van der Waals surface area (Å²) >= 11 is 0. The Balaban J connectivity index is 2.58. The standard InChI is InChI=1S/C14H21NO5S/c1-3-8-21(17,18)9-7-20-14(16)11-5-6-13(19-4-2)12(15)10-11/h5-6,10H,3-4,7-9,15H2,1-2H3. The Morgan fingerprint density at radius 3 is 2.52 bits per heavy atom. The van der Waals surface area contributed by atoms with Crippen LogP contribution in [-0.4, -0.2) is 39.1 Å². The Hall–Kier alpha value is -1.76. The molecule has 0 bridgehead atoms. The number of ether oxygens (including phenoxy) is 2. The molecule has 0 amide bonds. The lowest BCUT2D eigenvalue weighted by molar-refractivity contribution is 0.0529. The minimum Gasteiger partial charge on any atom is -0.492 e. The Morgan fingerprint density at radius 1 is 1.24 bits per heavy atom. The van der Waals surface area contributed by atoms with Crippen LogP contribution in [0.25, 0.3) is 0 Å². The van der Waals surface area contributed by atoms with E-state index in [-0.39, 0.29) is 23.7 Å². The average molecular weight is 315 g/mol. The van der Waals surface area contributed by atoms with Gasteiger partial charge in [0.25, 0.3) is 0 Å². The molecular formula is C14H21NO5S. The van der Waals surface area contributed by atoms with E-state index in [0.717, 1.165) is 0 Å². The van der Waals surface area contributed by atoms with Gasteiger partial charge in [0.05, 0.1) is 29.4 Å². The molecule has 1 aromatic carbocycles. The van der Waals surface area contributed by atoms with Crippen LogP contribution in [0.15, 0.2) is 18.2 Å². The van der Waals surface area contributed by atoms with Crippen molar-refractivity contribution in [3.63, 3.8) is 0 Å². The quantitative estimate of drug-likeness (QED) is 0.579. The number of hydrogen-bond donors (Lipinski definition) is 1. The lowest BCUT2D eigenvalue weighted by Crippen LogP contribution is -2.17. The van der Waals surface area contributed by atoms with Crippen molar-refractivity contribution >= 4 is 21.5 Å². The summed E-state index contributed by atoms with van der Waals surface area (Å²) in [6, 6.07) is 4.57. The molecule has 118 valence electrons. The third-order valence-corrected chi connectivity index (χ3v) is 4.51. The Labute approximate surface area is 125 Å². The van der Waals surface area contributed by atoms with Gasteiger partial charge in [-0.15, -0.1) is 0 Å². The first-order chi connectivity index (χ1) is 9.89. The molecule has 2 N–H and O–H groups in total. The SMILES string of the molecule is CCCS(=O)(=O)CCOC(=O)c1ccc(OCC)c(N)c1. The van der Waals surface area contributed by atoms with Gasteiger partial charge < -0.3 is 15.2 Å². The van der Waals surface area contributed by atoms with Crippen molar-refractivity contribution in [2.75, 3.05) is 30.5 Å². The maximum Gasteiger partial charge on any atom is 0.338 e. The predicted octanol–water partition coefficient (Wildman–Crippen LogP) is 1.65. The molecule has 7 heteroatoms. The number of benzene rings is 1. The molecule has 0 aliphatic rings. The second kappa shape index (κ2) is 7.87. The number of carbonyl (C=O) groups is 1. The van der Waals surface area contributed by atoms with E-state index in [2.05, 4.69) is 0 Å². The van der Waals surface area contributed by atoms with E-state index in [1.807, 2.05) is 6.92 Å². The zero-order valence-electron chi connectivity index (χ0n) is 12.3. The van der Waals surface area contributed by atoms with Crippen LogP contribution in [0.3, 0.4) is 0 Å². The average Bonchev–Trinajstić information content (AvgIpc) is 2.40. The van der Waals surface area contributed by atoms with Crippen molar-refractivity contribution in [3.05, 3.63) is 23.8 Å². The van der Waals surface area contributed by atoms with Gasteiger partial charge in [0.15, 0.2) is 9.84 Å². The van der Waals surface area contributed by atoms with Crippen LogP contribution in [0.5, 0.6) is 5.75 Å². The third-order valence-electron chi connectivity index (χ3n) is 2.69. The molecule has 0 aliphatic heterocycles. The van der Waals surface area contributed by atoms with Crippen molar-refractivity contribution < 1.29 is 22.7 Å². The van der Waals surface area contributed by atoms with E-state index in [1.165, 1.54) is 12.1 Å². The van der Waals surface area contributed by atoms with E-state index in [9.17, 15) is 13.2 Å². The van der Waals surface area contributed by atoms with Gasteiger partial charge in [0, 0.05) is 0 Å². The predicted molar refractivity (Wildman–Crippen MR) is 81.3 cm³/mol. The van der Waals surface area contributed by atoms with Crippen LogP contribution < -0.4 is 10.5 Å². The second-order valence-electron chi connectivity index (χ2n) is 4.47. The molecule has 0 aliphatic carbocycles. The molecule has 0 saturated carbocycles. The zero-order valence-corrected chi connectivity index (χ0v) is 13.1. The van der Waals surface area contributed by atoms with E-state index in [0.29, 0.717) is 24.5 Å². The van der Waals surface area contributed by atoms with E-state index < -0.39 is 15.8 Å². The van der Waals surface area contributed by atoms with Crippen molar-refractivity contribution in [2.45, 2.75) is 20.3 Å². The van der Waals surface area contributed by atoms with Gasteiger partial charge in [0.2, 0.25) is 0 Å². The van der Waals surface area contributed by atoms with Crippen LogP contribution in [0.4, 0.5) is 5.69 Å². The fourth-order valence-electron chi connectivity index (χ4n) is 1.72. The van der Waals surface area contributed by atoms with Gasteiger partial charge >= 0.3 is 5.97 Å². The van der Waals surface area contributed by atoms with Gasteiger partial charge in [0.1, 0.15) is 12.4 Å². The topological polar surface area (TPSA) is 95.7 Å². The van der Waals surface area contributed by atoms with Crippen LogP contribution in [0.2, 0.25) is 0 Å². The number of anilines is 1.